The molecule has 1 saturated heterocycles. The van der Waals surface area contributed by atoms with E-state index < -0.39 is 0 Å². The van der Waals surface area contributed by atoms with Gasteiger partial charge in [0, 0.05) is 31.9 Å². The molecule has 0 radical (unpaired) electrons. The fraction of sp³-hybridized carbons (Fsp3) is 0.417. The Balaban J connectivity index is 1.81. The van der Waals surface area contributed by atoms with Crippen molar-refractivity contribution in [2.75, 3.05) is 31.8 Å². The summed E-state index contributed by atoms with van der Waals surface area (Å²) < 4.78 is 10.5. The third-order valence-electron chi connectivity index (χ3n) is 3.20. The highest BCUT2D eigenvalue weighted by Crippen LogP contribution is 2.35. The number of anilines is 1. The summed E-state index contributed by atoms with van der Waals surface area (Å²) >= 11 is 0. The summed E-state index contributed by atoms with van der Waals surface area (Å²) in [5.41, 5.74) is 0.839. The van der Waals surface area contributed by atoms with Crippen LogP contribution in [0.2, 0.25) is 0 Å². The van der Waals surface area contributed by atoms with Gasteiger partial charge in [-0.05, 0) is 12.1 Å². The maximum atomic E-state index is 12.0. The van der Waals surface area contributed by atoms with Gasteiger partial charge < -0.3 is 19.7 Å². The van der Waals surface area contributed by atoms with Crippen molar-refractivity contribution in [1.29, 1.82) is 0 Å². The number of nitrogens with zero attached hydrogens (tertiary/aromatic N) is 1. The van der Waals surface area contributed by atoms with Crippen molar-refractivity contribution in [1.82, 2.24) is 5.32 Å². The van der Waals surface area contributed by atoms with E-state index in [0.717, 1.165) is 24.5 Å². The Kier molecular flexibility index (Phi) is 2.40. The summed E-state index contributed by atoms with van der Waals surface area (Å²) in [4.78, 5) is 13.7. The monoisotopic (exact) mass is 234 g/mol. The Morgan fingerprint density at radius 1 is 1.35 bits per heavy atom. The molecule has 0 aliphatic carbocycles. The number of carbonyl (C=O) groups is 1. The minimum Gasteiger partial charge on any atom is -0.454 e. The normalized spacial score (nSPS) is 17.7. The van der Waals surface area contributed by atoms with Crippen LogP contribution in [0.4, 0.5) is 5.69 Å². The van der Waals surface area contributed by atoms with Crippen LogP contribution < -0.4 is 19.7 Å². The summed E-state index contributed by atoms with van der Waals surface area (Å²) in [5.74, 6) is 1.68. The second-order valence-electron chi connectivity index (χ2n) is 4.29. The number of ether oxygens (including phenoxy) is 2. The zero-order chi connectivity index (χ0) is 11.8. The number of hydrogen-bond donors (Lipinski definition) is 1. The van der Waals surface area contributed by atoms with Gasteiger partial charge in [-0.15, -0.1) is 0 Å². The van der Waals surface area contributed by atoms with Gasteiger partial charge in [0.25, 0.3) is 0 Å². The van der Waals surface area contributed by atoms with Crippen molar-refractivity contribution in [2.24, 2.45) is 5.92 Å². The van der Waals surface area contributed by atoms with Gasteiger partial charge >= 0.3 is 0 Å². The van der Waals surface area contributed by atoms with Gasteiger partial charge in [-0.25, -0.2) is 0 Å². The van der Waals surface area contributed by atoms with Crippen molar-refractivity contribution in [3.8, 4) is 11.5 Å². The molecule has 1 fully saturated rings. The van der Waals surface area contributed by atoms with Crippen LogP contribution in [0.5, 0.6) is 11.5 Å². The standard InChI is InChI=1S/C12H14N2O3/c1-14(12(15)8-5-13-6-8)9-2-3-10-11(4-9)17-7-16-10/h2-4,8,13H,5-7H2,1H3. The Bertz CT molecular complexity index is 457. The zero-order valence-electron chi connectivity index (χ0n) is 9.60. The molecule has 0 unspecified atom stereocenters. The summed E-state index contributed by atoms with van der Waals surface area (Å²) in [6.45, 7) is 1.80. The Labute approximate surface area is 99.3 Å². The maximum Gasteiger partial charge on any atom is 0.232 e. The number of rotatable bonds is 2. The van der Waals surface area contributed by atoms with E-state index in [1.807, 2.05) is 18.2 Å². The molecular formula is C12H14N2O3. The van der Waals surface area contributed by atoms with Gasteiger partial charge in [0.2, 0.25) is 12.7 Å². The van der Waals surface area contributed by atoms with Crippen LogP contribution in [0, 0.1) is 5.92 Å². The number of carbonyl (C=O) groups excluding carboxylic acids is 1. The molecule has 2 aliphatic rings. The van der Waals surface area contributed by atoms with Crippen LogP contribution in [0.15, 0.2) is 18.2 Å². The summed E-state index contributed by atoms with van der Waals surface area (Å²) in [7, 11) is 1.79. The molecule has 2 heterocycles. The van der Waals surface area contributed by atoms with E-state index in [9.17, 15) is 4.79 Å². The molecular weight excluding hydrogens is 220 g/mol. The smallest absolute Gasteiger partial charge is 0.232 e. The molecule has 5 nitrogen and oxygen atoms in total. The highest BCUT2D eigenvalue weighted by atomic mass is 16.7. The van der Waals surface area contributed by atoms with Gasteiger partial charge in [0.05, 0.1) is 5.92 Å². The highest BCUT2D eigenvalue weighted by molar-refractivity contribution is 5.95. The molecule has 5 heteroatoms. The van der Waals surface area contributed by atoms with E-state index in [4.69, 9.17) is 9.47 Å². The molecule has 1 aromatic rings. The molecule has 0 spiro atoms. The molecule has 3 rings (SSSR count). The first-order valence-corrected chi connectivity index (χ1v) is 5.63. The van der Waals surface area contributed by atoms with Crippen molar-refractivity contribution >= 4 is 11.6 Å². The predicted octanol–water partition coefficient (Wildman–Crippen LogP) is 0.597. The lowest BCUT2D eigenvalue weighted by molar-refractivity contribution is -0.123. The molecule has 0 saturated carbocycles. The number of fused-ring (bicyclic) bond motifs is 1. The fourth-order valence-electron chi connectivity index (χ4n) is 1.96. The van der Waals surface area contributed by atoms with Gasteiger partial charge in [-0.2, -0.15) is 0 Å². The molecule has 1 aromatic carbocycles. The minimum absolute atomic E-state index is 0.102. The average molecular weight is 234 g/mol. The Hall–Kier alpha value is -1.75. The first-order valence-electron chi connectivity index (χ1n) is 5.63. The Morgan fingerprint density at radius 3 is 2.82 bits per heavy atom. The van der Waals surface area contributed by atoms with Gasteiger partial charge in [-0.3, -0.25) is 4.79 Å². The van der Waals surface area contributed by atoms with E-state index >= 15 is 0 Å². The number of nitrogens with one attached hydrogen (secondary N) is 1. The molecule has 17 heavy (non-hydrogen) atoms. The van der Waals surface area contributed by atoms with Crippen LogP contribution in [-0.2, 0) is 4.79 Å². The highest BCUT2D eigenvalue weighted by Gasteiger charge is 2.28. The van der Waals surface area contributed by atoms with E-state index in [2.05, 4.69) is 5.32 Å². The molecule has 0 bridgehead atoms. The largest absolute Gasteiger partial charge is 0.454 e. The number of hydrogen-bond acceptors (Lipinski definition) is 4. The number of benzene rings is 1. The lowest BCUT2D eigenvalue weighted by Crippen LogP contribution is -2.51. The molecule has 2 aliphatic heterocycles. The van der Waals surface area contributed by atoms with Crippen molar-refractivity contribution < 1.29 is 14.3 Å². The fourth-order valence-corrected chi connectivity index (χ4v) is 1.96. The molecule has 0 aromatic heterocycles. The molecule has 0 atom stereocenters. The van der Waals surface area contributed by atoms with Crippen LogP contribution in [0.1, 0.15) is 0 Å². The second kappa shape index (κ2) is 3.92. The molecule has 90 valence electrons. The third-order valence-corrected chi connectivity index (χ3v) is 3.20. The summed E-state index contributed by atoms with van der Waals surface area (Å²) in [5, 5.41) is 3.10. The molecule has 1 N–H and O–H groups in total. The molecule has 1 amide bonds. The third kappa shape index (κ3) is 1.72. The topological polar surface area (TPSA) is 50.8 Å². The Morgan fingerprint density at radius 2 is 2.12 bits per heavy atom. The van der Waals surface area contributed by atoms with Crippen molar-refractivity contribution in [3.63, 3.8) is 0 Å². The lowest BCUT2D eigenvalue weighted by atomic mass is 10.0. The van der Waals surface area contributed by atoms with Crippen molar-refractivity contribution in [2.45, 2.75) is 0 Å². The van der Waals surface area contributed by atoms with Crippen molar-refractivity contribution in [3.05, 3.63) is 18.2 Å². The zero-order valence-corrected chi connectivity index (χ0v) is 9.60. The quantitative estimate of drug-likeness (QED) is 0.814. The van der Waals surface area contributed by atoms with Crippen LogP contribution in [0.3, 0.4) is 0 Å². The maximum absolute atomic E-state index is 12.0. The van der Waals surface area contributed by atoms with E-state index in [-0.39, 0.29) is 18.6 Å². The minimum atomic E-state index is 0.102. The first-order chi connectivity index (χ1) is 8.25. The second-order valence-corrected chi connectivity index (χ2v) is 4.29. The van der Waals surface area contributed by atoms with Gasteiger partial charge in [-0.1, -0.05) is 0 Å². The van der Waals surface area contributed by atoms with Gasteiger partial charge in [0.1, 0.15) is 0 Å². The van der Waals surface area contributed by atoms with Crippen LogP contribution >= 0.6 is 0 Å². The van der Waals surface area contributed by atoms with E-state index in [1.165, 1.54) is 0 Å². The first kappa shape index (κ1) is 10.4. The van der Waals surface area contributed by atoms with Gasteiger partial charge in [0.15, 0.2) is 11.5 Å². The van der Waals surface area contributed by atoms with E-state index in [1.54, 1.807) is 11.9 Å². The SMILES string of the molecule is CN(C(=O)C1CNC1)c1ccc2c(c1)OCO2. The average Bonchev–Trinajstić information content (AvgIpc) is 2.72. The summed E-state index contributed by atoms with van der Waals surface area (Å²) in [6.07, 6.45) is 0. The summed E-state index contributed by atoms with van der Waals surface area (Å²) in [6, 6.07) is 5.55. The van der Waals surface area contributed by atoms with Crippen LogP contribution in [-0.4, -0.2) is 32.8 Å². The predicted molar refractivity (Wildman–Crippen MR) is 62.3 cm³/mol. The van der Waals surface area contributed by atoms with Crippen LogP contribution in [0.25, 0.3) is 0 Å². The lowest BCUT2D eigenvalue weighted by Gasteiger charge is -2.30. The van der Waals surface area contributed by atoms with E-state index in [0.29, 0.717) is 5.75 Å². The number of amides is 1.